The van der Waals surface area contributed by atoms with E-state index in [-0.39, 0.29) is 17.0 Å². The van der Waals surface area contributed by atoms with Crippen molar-refractivity contribution in [3.8, 4) is 5.69 Å². The number of para-hydroxylation sites is 2. The molecule has 8 nitrogen and oxygen atoms in total. The Hall–Kier alpha value is -3.72. The van der Waals surface area contributed by atoms with Crippen LogP contribution >= 0.6 is 11.8 Å². The number of hydrogen-bond donors (Lipinski definition) is 1. The SMILES string of the molecule is CSCc1c(C(=O)O[C@H](C)C(=O)Nc2c(C)n(C)n(-c3ccccc3)c2=O)oc2ccccc12. The lowest BCUT2D eigenvalue weighted by Crippen LogP contribution is -2.32. The Bertz CT molecular complexity index is 1420. The molecule has 1 atom stereocenters. The number of nitrogens with one attached hydrogen (secondary N) is 1. The van der Waals surface area contributed by atoms with Crippen LogP contribution in [-0.4, -0.2) is 33.6 Å². The number of carbonyl (C=O) groups excluding carboxylic acids is 2. The Labute approximate surface area is 200 Å². The zero-order valence-corrected chi connectivity index (χ0v) is 20.1. The highest BCUT2D eigenvalue weighted by Crippen LogP contribution is 2.29. The van der Waals surface area contributed by atoms with Crippen LogP contribution in [0.4, 0.5) is 5.69 Å². The van der Waals surface area contributed by atoms with E-state index in [2.05, 4.69) is 5.32 Å². The van der Waals surface area contributed by atoms with Gasteiger partial charge >= 0.3 is 5.97 Å². The molecule has 0 aliphatic rings. The van der Waals surface area contributed by atoms with Crippen molar-refractivity contribution < 1.29 is 18.7 Å². The maximum atomic E-state index is 13.0. The third kappa shape index (κ3) is 4.26. The van der Waals surface area contributed by atoms with Crippen LogP contribution in [0.1, 0.15) is 28.7 Å². The summed E-state index contributed by atoms with van der Waals surface area (Å²) < 4.78 is 14.3. The maximum Gasteiger partial charge on any atom is 0.375 e. The Balaban J connectivity index is 1.55. The van der Waals surface area contributed by atoms with Crippen LogP contribution in [0.15, 0.2) is 63.8 Å². The van der Waals surface area contributed by atoms with Gasteiger partial charge in [0.15, 0.2) is 6.10 Å². The zero-order valence-electron chi connectivity index (χ0n) is 19.3. The number of aromatic nitrogens is 2. The Morgan fingerprint density at radius 2 is 1.79 bits per heavy atom. The fraction of sp³-hybridized carbons (Fsp3) is 0.240. The molecular formula is C25H25N3O5S. The van der Waals surface area contributed by atoms with Crippen LogP contribution in [0, 0.1) is 6.92 Å². The first-order valence-corrected chi connectivity index (χ1v) is 12.1. The molecule has 0 saturated carbocycles. The zero-order chi connectivity index (χ0) is 24.4. The molecule has 0 spiro atoms. The predicted octanol–water partition coefficient (Wildman–Crippen LogP) is 4.28. The molecule has 4 aromatic rings. The highest BCUT2D eigenvalue weighted by molar-refractivity contribution is 7.97. The van der Waals surface area contributed by atoms with Gasteiger partial charge in [-0.1, -0.05) is 36.4 Å². The molecule has 0 radical (unpaired) electrons. The molecule has 0 aliphatic carbocycles. The van der Waals surface area contributed by atoms with E-state index in [1.165, 1.54) is 11.6 Å². The lowest BCUT2D eigenvalue weighted by Gasteiger charge is -2.12. The molecule has 1 amide bonds. The highest BCUT2D eigenvalue weighted by atomic mass is 32.2. The number of ether oxygens (including phenoxy) is 1. The second-order valence-electron chi connectivity index (χ2n) is 7.81. The van der Waals surface area contributed by atoms with Gasteiger partial charge in [-0.05, 0) is 38.3 Å². The van der Waals surface area contributed by atoms with Gasteiger partial charge in [0, 0.05) is 23.8 Å². The van der Waals surface area contributed by atoms with Crippen molar-refractivity contribution in [2.45, 2.75) is 25.7 Å². The molecule has 34 heavy (non-hydrogen) atoms. The fourth-order valence-corrected chi connectivity index (χ4v) is 4.33. The average Bonchev–Trinajstić information content (AvgIpc) is 3.30. The summed E-state index contributed by atoms with van der Waals surface area (Å²) in [7, 11) is 1.73. The minimum atomic E-state index is -1.15. The molecule has 4 rings (SSSR count). The summed E-state index contributed by atoms with van der Waals surface area (Å²) in [6.07, 6.45) is 0.782. The summed E-state index contributed by atoms with van der Waals surface area (Å²) in [4.78, 5) is 38.8. The van der Waals surface area contributed by atoms with E-state index < -0.39 is 18.0 Å². The third-order valence-corrected chi connectivity index (χ3v) is 6.21. The number of hydrogen-bond acceptors (Lipinski definition) is 6. The number of benzene rings is 2. The standard InChI is InChI=1S/C25H25N3O5S/c1-15-21(24(30)28(27(15)3)17-10-6-5-7-11-17)26-23(29)16(2)32-25(31)22-19(14-34-4)18-12-8-9-13-20(18)33-22/h5-13,16H,14H2,1-4H3,(H,26,29)/t16-/m1/s1. The van der Waals surface area contributed by atoms with E-state index in [1.54, 1.807) is 48.6 Å². The molecule has 2 heterocycles. The Morgan fingerprint density at radius 1 is 1.12 bits per heavy atom. The lowest BCUT2D eigenvalue weighted by atomic mass is 10.1. The van der Waals surface area contributed by atoms with Gasteiger partial charge in [-0.3, -0.25) is 14.3 Å². The highest BCUT2D eigenvalue weighted by Gasteiger charge is 2.27. The van der Waals surface area contributed by atoms with Gasteiger partial charge < -0.3 is 14.5 Å². The third-order valence-electron chi connectivity index (χ3n) is 5.63. The van der Waals surface area contributed by atoms with Gasteiger partial charge in [0.1, 0.15) is 11.3 Å². The molecule has 2 aromatic carbocycles. The summed E-state index contributed by atoms with van der Waals surface area (Å²) >= 11 is 1.55. The van der Waals surface area contributed by atoms with Crippen molar-refractivity contribution in [3.05, 3.63) is 82.0 Å². The smallest absolute Gasteiger partial charge is 0.375 e. The second-order valence-corrected chi connectivity index (χ2v) is 8.68. The summed E-state index contributed by atoms with van der Waals surface area (Å²) in [6.45, 7) is 3.19. The normalized spacial score (nSPS) is 12.0. The first kappa shape index (κ1) is 23.4. The summed E-state index contributed by atoms with van der Waals surface area (Å²) in [6, 6.07) is 16.5. The second kappa shape index (κ2) is 9.64. The van der Waals surface area contributed by atoms with Crippen LogP contribution in [0.25, 0.3) is 16.7 Å². The van der Waals surface area contributed by atoms with Gasteiger partial charge in [0.05, 0.1) is 11.4 Å². The number of carbonyl (C=O) groups is 2. The Kier molecular flexibility index (Phi) is 6.65. The quantitative estimate of drug-likeness (QED) is 0.398. The lowest BCUT2D eigenvalue weighted by molar-refractivity contribution is -0.123. The minimum absolute atomic E-state index is 0.0810. The van der Waals surface area contributed by atoms with Gasteiger partial charge in [0.25, 0.3) is 11.5 Å². The van der Waals surface area contributed by atoms with E-state index >= 15 is 0 Å². The first-order chi connectivity index (χ1) is 16.3. The van der Waals surface area contributed by atoms with Crippen LogP contribution in [0.3, 0.4) is 0 Å². The van der Waals surface area contributed by atoms with Crippen LogP contribution in [0.5, 0.6) is 0 Å². The van der Waals surface area contributed by atoms with Crippen molar-refractivity contribution in [2.24, 2.45) is 7.05 Å². The Morgan fingerprint density at radius 3 is 2.50 bits per heavy atom. The van der Waals surface area contributed by atoms with Gasteiger partial charge in [-0.25, -0.2) is 9.48 Å². The number of nitrogens with zero attached hydrogens (tertiary/aromatic N) is 2. The largest absolute Gasteiger partial charge is 0.449 e. The van der Waals surface area contributed by atoms with Crippen molar-refractivity contribution in [2.75, 3.05) is 11.6 Å². The van der Waals surface area contributed by atoms with Crippen molar-refractivity contribution in [3.63, 3.8) is 0 Å². The molecule has 0 aliphatic heterocycles. The topological polar surface area (TPSA) is 95.5 Å². The van der Waals surface area contributed by atoms with Crippen LogP contribution in [0.2, 0.25) is 0 Å². The van der Waals surface area contributed by atoms with Crippen molar-refractivity contribution >= 4 is 40.3 Å². The molecule has 1 N–H and O–H groups in total. The molecule has 9 heteroatoms. The minimum Gasteiger partial charge on any atom is -0.449 e. The number of rotatable bonds is 7. The van der Waals surface area contributed by atoms with E-state index in [9.17, 15) is 14.4 Å². The number of amides is 1. The molecule has 0 fully saturated rings. The molecule has 0 unspecified atom stereocenters. The average molecular weight is 480 g/mol. The van der Waals surface area contributed by atoms with Gasteiger partial charge in [-0.2, -0.15) is 11.8 Å². The van der Waals surface area contributed by atoms with Gasteiger partial charge in [-0.15, -0.1) is 0 Å². The number of fused-ring (bicyclic) bond motifs is 1. The number of furan rings is 1. The molecular weight excluding hydrogens is 454 g/mol. The maximum absolute atomic E-state index is 13.0. The fourth-order valence-electron chi connectivity index (χ4n) is 3.76. The number of anilines is 1. The monoisotopic (exact) mass is 479 g/mol. The number of esters is 1. The van der Waals surface area contributed by atoms with E-state index in [4.69, 9.17) is 9.15 Å². The molecule has 176 valence electrons. The predicted molar refractivity (Wildman–Crippen MR) is 133 cm³/mol. The van der Waals surface area contributed by atoms with Crippen LogP contribution in [-0.2, 0) is 22.3 Å². The molecule has 2 aromatic heterocycles. The summed E-state index contributed by atoms with van der Waals surface area (Å²) in [5, 5.41) is 3.46. The van der Waals surface area contributed by atoms with E-state index in [0.29, 0.717) is 22.7 Å². The van der Waals surface area contributed by atoms with E-state index in [0.717, 1.165) is 10.9 Å². The van der Waals surface area contributed by atoms with Gasteiger partial charge in [0.2, 0.25) is 5.76 Å². The van der Waals surface area contributed by atoms with Crippen molar-refractivity contribution in [1.29, 1.82) is 0 Å². The van der Waals surface area contributed by atoms with E-state index in [1.807, 2.05) is 42.7 Å². The number of thioether (sulfide) groups is 1. The van der Waals surface area contributed by atoms with Crippen molar-refractivity contribution in [1.82, 2.24) is 9.36 Å². The first-order valence-electron chi connectivity index (χ1n) is 10.7. The van der Waals surface area contributed by atoms with Crippen LogP contribution < -0.4 is 10.9 Å². The summed E-state index contributed by atoms with van der Waals surface area (Å²) in [5.41, 5.74) is 2.30. The molecule has 0 bridgehead atoms. The molecule has 0 saturated heterocycles. The summed E-state index contributed by atoms with van der Waals surface area (Å²) in [5.74, 6) is -0.696.